The predicted molar refractivity (Wildman–Crippen MR) is 125 cm³/mol. The molecule has 1 aromatic heterocycles. The number of carbonyl (C=O) groups is 1. The van der Waals surface area contributed by atoms with Crippen LogP contribution in [0.2, 0.25) is 0 Å². The van der Waals surface area contributed by atoms with E-state index in [-0.39, 0.29) is 17.9 Å². The number of oxime groups is 1. The molecule has 0 unspecified atom stereocenters. The molecular formula is C26H23N3O4. The Bertz CT molecular complexity index is 1250. The molecule has 0 aliphatic carbocycles. The maximum absolute atomic E-state index is 11.4. The molecule has 0 aliphatic rings. The van der Waals surface area contributed by atoms with E-state index in [9.17, 15) is 9.90 Å². The Morgan fingerprint density at radius 1 is 1.03 bits per heavy atom. The van der Waals surface area contributed by atoms with Gasteiger partial charge in [0.15, 0.2) is 0 Å². The van der Waals surface area contributed by atoms with Crippen LogP contribution in [0.4, 0.5) is 0 Å². The summed E-state index contributed by atoms with van der Waals surface area (Å²) in [4.78, 5) is 17.0. The molecule has 4 rings (SSSR count). The number of aromatic carboxylic acids is 1. The summed E-state index contributed by atoms with van der Waals surface area (Å²) in [7, 11) is 0. The summed E-state index contributed by atoms with van der Waals surface area (Å²) in [6.07, 6.45) is 4.35. The van der Waals surface area contributed by atoms with E-state index in [1.807, 2.05) is 55.6 Å². The number of ether oxygens (including phenoxy) is 1. The number of carboxylic acid groups (broad SMARTS) is 1. The fourth-order valence-corrected chi connectivity index (χ4v) is 3.29. The van der Waals surface area contributed by atoms with Gasteiger partial charge in [0.1, 0.15) is 23.7 Å². The Hall–Kier alpha value is -4.39. The first-order chi connectivity index (χ1) is 16.1. The van der Waals surface area contributed by atoms with E-state index < -0.39 is 5.97 Å². The van der Waals surface area contributed by atoms with Crippen molar-refractivity contribution in [3.05, 3.63) is 108 Å². The van der Waals surface area contributed by atoms with Crippen molar-refractivity contribution in [2.24, 2.45) is 5.16 Å². The molecule has 4 aromatic rings. The van der Waals surface area contributed by atoms with E-state index in [0.717, 1.165) is 28.9 Å². The maximum atomic E-state index is 11.4. The molecule has 166 valence electrons. The number of carboxylic acids is 1. The summed E-state index contributed by atoms with van der Waals surface area (Å²) < 4.78 is 7.59. The first kappa shape index (κ1) is 21.8. The molecule has 0 bridgehead atoms. The summed E-state index contributed by atoms with van der Waals surface area (Å²) in [6.45, 7) is 2.28. The third-order valence-corrected chi connectivity index (χ3v) is 4.95. The molecule has 7 nitrogen and oxygen atoms in total. The van der Waals surface area contributed by atoms with Gasteiger partial charge in [-0.1, -0.05) is 48.5 Å². The lowest BCUT2D eigenvalue weighted by molar-refractivity contribution is 0.0694. The number of hydrogen-bond donors (Lipinski definition) is 1. The number of nitrogens with zero attached hydrogens (tertiary/aromatic N) is 3. The van der Waals surface area contributed by atoms with Crippen molar-refractivity contribution < 1.29 is 19.5 Å². The molecule has 0 radical (unpaired) electrons. The first-order valence-electron chi connectivity index (χ1n) is 10.5. The van der Waals surface area contributed by atoms with Gasteiger partial charge < -0.3 is 14.7 Å². The molecule has 0 spiro atoms. The molecule has 0 amide bonds. The third kappa shape index (κ3) is 5.46. The van der Waals surface area contributed by atoms with Crippen LogP contribution in [0.1, 0.15) is 34.8 Å². The third-order valence-electron chi connectivity index (χ3n) is 4.95. The van der Waals surface area contributed by atoms with Crippen LogP contribution >= 0.6 is 0 Å². The second kappa shape index (κ2) is 10.3. The van der Waals surface area contributed by atoms with Gasteiger partial charge in [-0.3, -0.25) is 0 Å². The van der Waals surface area contributed by atoms with Crippen LogP contribution in [-0.2, 0) is 11.4 Å². The van der Waals surface area contributed by atoms with Gasteiger partial charge in [0, 0.05) is 12.4 Å². The van der Waals surface area contributed by atoms with Gasteiger partial charge in [-0.2, -0.15) is 5.10 Å². The quantitative estimate of drug-likeness (QED) is 0.266. The fraction of sp³-hybridized carbons (Fsp3) is 0.115. The van der Waals surface area contributed by atoms with Gasteiger partial charge in [-0.25, -0.2) is 9.48 Å². The largest absolute Gasteiger partial charge is 0.478 e. The van der Waals surface area contributed by atoms with Gasteiger partial charge >= 0.3 is 5.97 Å². The molecule has 3 aromatic carbocycles. The number of benzene rings is 3. The molecule has 0 aliphatic heterocycles. The second-order valence-electron chi connectivity index (χ2n) is 7.21. The Morgan fingerprint density at radius 3 is 2.58 bits per heavy atom. The number of rotatable bonds is 9. The molecule has 7 heteroatoms. The molecule has 0 saturated carbocycles. The topological polar surface area (TPSA) is 85.9 Å². The first-order valence-corrected chi connectivity index (χ1v) is 10.5. The zero-order valence-corrected chi connectivity index (χ0v) is 18.1. The van der Waals surface area contributed by atoms with Crippen molar-refractivity contribution >= 4 is 11.7 Å². The van der Waals surface area contributed by atoms with Crippen molar-refractivity contribution in [1.82, 2.24) is 9.78 Å². The Balaban J connectivity index is 1.42. The van der Waals surface area contributed by atoms with E-state index in [2.05, 4.69) is 10.3 Å². The van der Waals surface area contributed by atoms with Crippen molar-refractivity contribution in [1.29, 1.82) is 0 Å². The molecular weight excluding hydrogens is 418 g/mol. The van der Waals surface area contributed by atoms with Crippen molar-refractivity contribution in [2.45, 2.75) is 20.0 Å². The van der Waals surface area contributed by atoms with Gasteiger partial charge in [0.2, 0.25) is 0 Å². The SMILES string of the molecule is CCC(=NOCc1cccc(Oc2ccccc2C(=O)O)c1)c1ccc(-n2cccn2)cc1. The van der Waals surface area contributed by atoms with E-state index in [4.69, 9.17) is 9.57 Å². The minimum atomic E-state index is -1.04. The highest BCUT2D eigenvalue weighted by Gasteiger charge is 2.11. The lowest BCUT2D eigenvalue weighted by Gasteiger charge is -2.10. The highest BCUT2D eigenvalue weighted by molar-refractivity contribution is 6.00. The van der Waals surface area contributed by atoms with Crippen LogP contribution in [0.25, 0.3) is 5.69 Å². The minimum Gasteiger partial charge on any atom is -0.478 e. The fourth-order valence-electron chi connectivity index (χ4n) is 3.29. The normalized spacial score (nSPS) is 11.2. The van der Waals surface area contributed by atoms with Crippen LogP contribution in [-0.4, -0.2) is 26.6 Å². The van der Waals surface area contributed by atoms with Crippen LogP contribution in [0.3, 0.4) is 0 Å². The van der Waals surface area contributed by atoms with Gasteiger partial charge in [0.05, 0.1) is 11.4 Å². The lowest BCUT2D eigenvalue weighted by atomic mass is 10.1. The standard InChI is InChI=1S/C26H23N3O4/c1-2-24(20-11-13-21(14-12-20)29-16-6-15-27-29)28-32-18-19-7-5-8-22(17-19)33-25-10-4-3-9-23(25)26(30)31/h3-17H,2,18H2,1H3,(H,30,31). The molecule has 0 atom stereocenters. The van der Waals surface area contributed by atoms with Crippen molar-refractivity contribution in [3.8, 4) is 17.2 Å². The maximum Gasteiger partial charge on any atom is 0.339 e. The highest BCUT2D eigenvalue weighted by Crippen LogP contribution is 2.26. The zero-order valence-electron chi connectivity index (χ0n) is 18.1. The predicted octanol–water partition coefficient (Wildman–Crippen LogP) is 5.69. The molecule has 0 saturated heterocycles. The lowest BCUT2D eigenvalue weighted by Crippen LogP contribution is -2.02. The number of hydrogen-bond acceptors (Lipinski definition) is 5. The van der Waals surface area contributed by atoms with E-state index in [1.165, 1.54) is 6.07 Å². The van der Waals surface area contributed by atoms with E-state index in [0.29, 0.717) is 5.75 Å². The minimum absolute atomic E-state index is 0.106. The smallest absolute Gasteiger partial charge is 0.339 e. The highest BCUT2D eigenvalue weighted by atomic mass is 16.6. The van der Waals surface area contributed by atoms with Gasteiger partial charge in [0.25, 0.3) is 0 Å². The average molecular weight is 441 g/mol. The number of para-hydroxylation sites is 1. The van der Waals surface area contributed by atoms with E-state index in [1.54, 1.807) is 41.2 Å². The molecule has 33 heavy (non-hydrogen) atoms. The van der Waals surface area contributed by atoms with Crippen molar-refractivity contribution in [3.63, 3.8) is 0 Å². The summed E-state index contributed by atoms with van der Waals surface area (Å²) in [6, 6.07) is 23.7. The van der Waals surface area contributed by atoms with Crippen LogP contribution in [0.15, 0.2) is 96.4 Å². The molecule has 0 fully saturated rings. The molecule has 1 heterocycles. The molecule has 1 N–H and O–H groups in total. The summed E-state index contributed by atoms with van der Waals surface area (Å²) in [5.41, 5.74) is 3.76. The van der Waals surface area contributed by atoms with Crippen LogP contribution in [0.5, 0.6) is 11.5 Å². The van der Waals surface area contributed by atoms with Crippen LogP contribution in [0, 0.1) is 0 Å². The summed E-state index contributed by atoms with van der Waals surface area (Å²) in [5.74, 6) is -0.226. The zero-order chi connectivity index (χ0) is 23.0. The Kier molecular flexibility index (Phi) is 6.80. The summed E-state index contributed by atoms with van der Waals surface area (Å²) >= 11 is 0. The second-order valence-corrected chi connectivity index (χ2v) is 7.21. The van der Waals surface area contributed by atoms with Crippen molar-refractivity contribution in [2.75, 3.05) is 0 Å². The monoisotopic (exact) mass is 441 g/mol. The van der Waals surface area contributed by atoms with Gasteiger partial charge in [-0.05, 0) is 60.0 Å². The van der Waals surface area contributed by atoms with E-state index >= 15 is 0 Å². The van der Waals surface area contributed by atoms with Gasteiger partial charge in [-0.15, -0.1) is 0 Å². The number of aromatic nitrogens is 2. The summed E-state index contributed by atoms with van der Waals surface area (Å²) in [5, 5.41) is 17.9. The Labute approximate surface area is 191 Å². The Morgan fingerprint density at radius 2 is 1.85 bits per heavy atom. The van der Waals surface area contributed by atoms with Crippen LogP contribution < -0.4 is 4.74 Å². The average Bonchev–Trinajstić information content (AvgIpc) is 3.38.